The van der Waals surface area contributed by atoms with E-state index in [0.29, 0.717) is 11.8 Å². The topological polar surface area (TPSA) is 18.5 Å². The maximum Gasteiger partial charge on any atom is 0.164 e. The first-order valence-corrected chi connectivity index (χ1v) is 6.42. The Hall–Kier alpha value is 0.620. The number of ether oxygens (including phenoxy) is 2. The molecule has 2 nitrogen and oxygen atoms in total. The van der Waals surface area contributed by atoms with Gasteiger partial charge in [0.25, 0.3) is 0 Å². The third-order valence-corrected chi connectivity index (χ3v) is 5.31. The van der Waals surface area contributed by atoms with E-state index >= 15 is 0 Å². The second-order valence-electron chi connectivity index (χ2n) is 4.68. The van der Waals surface area contributed by atoms with E-state index < -0.39 is 5.79 Å². The predicted molar refractivity (Wildman–Crippen MR) is 60.5 cm³/mol. The van der Waals surface area contributed by atoms with Crippen LogP contribution in [0.5, 0.6) is 0 Å². The fourth-order valence-electron chi connectivity index (χ4n) is 2.52. The Morgan fingerprint density at radius 1 is 1.14 bits per heavy atom. The zero-order valence-electron chi connectivity index (χ0n) is 8.04. The minimum absolute atomic E-state index is 0.0414. The minimum Gasteiger partial charge on any atom is -0.344 e. The lowest BCUT2D eigenvalue weighted by atomic mass is 10.0. The van der Waals surface area contributed by atoms with Gasteiger partial charge in [0.15, 0.2) is 5.79 Å². The SMILES string of the molecule is CC1(C)O[C@@H]2[C@@H]3[C@H](C=C[C@@H]2O1)C3(Br)Br. The third kappa shape index (κ3) is 1.20. The summed E-state index contributed by atoms with van der Waals surface area (Å²) in [6.07, 6.45) is 4.67. The molecule has 14 heavy (non-hydrogen) atoms. The number of halogens is 2. The van der Waals surface area contributed by atoms with Gasteiger partial charge in [-0.2, -0.15) is 0 Å². The lowest BCUT2D eigenvalue weighted by molar-refractivity contribution is -0.144. The highest BCUT2D eigenvalue weighted by atomic mass is 79.9. The molecule has 0 aromatic carbocycles. The highest BCUT2D eigenvalue weighted by Gasteiger charge is 2.69. The lowest BCUT2D eigenvalue weighted by Crippen LogP contribution is -2.27. The molecule has 2 aliphatic carbocycles. The van der Waals surface area contributed by atoms with Crippen molar-refractivity contribution in [2.24, 2.45) is 11.8 Å². The van der Waals surface area contributed by atoms with Gasteiger partial charge in [-0.1, -0.05) is 44.0 Å². The fourth-order valence-corrected chi connectivity index (χ4v) is 4.22. The van der Waals surface area contributed by atoms with Gasteiger partial charge >= 0.3 is 0 Å². The molecule has 0 N–H and O–H groups in total. The smallest absolute Gasteiger partial charge is 0.164 e. The molecule has 1 saturated heterocycles. The summed E-state index contributed by atoms with van der Waals surface area (Å²) in [7, 11) is 0. The predicted octanol–water partition coefficient (Wildman–Crippen LogP) is 2.81. The lowest BCUT2D eigenvalue weighted by Gasteiger charge is -2.17. The first kappa shape index (κ1) is 9.82. The van der Waals surface area contributed by atoms with Crippen LogP contribution in [-0.2, 0) is 9.47 Å². The zero-order chi connectivity index (χ0) is 10.1. The van der Waals surface area contributed by atoms with Crippen LogP contribution in [0, 0.1) is 11.8 Å². The van der Waals surface area contributed by atoms with Gasteiger partial charge in [-0.25, -0.2) is 0 Å². The quantitative estimate of drug-likeness (QED) is 0.504. The Morgan fingerprint density at radius 3 is 2.57 bits per heavy atom. The number of hydrogen-bond donors (Lipinski definition) is 0. The second-order valence-corrected chi connectivity index (χ2v) is 8.36. The molecule has 0 bridgehead atoms. The van der Waals surface area contributed by atoms with E-state index in [1.54, 1.807) is 0 Å². The second kappa shape index (κ2) is 2.65. The van der Waals surface area contributed by atoms with Crippen molar-refractivity contribution in [3.05, 3.63) is 12.2 Å². The van der Waals surface area contributed by atoms with Crippen LogP contribution in [0.1, 0.15) is 13.8 Å². The number of allylic oxidation sites excluding steroid dienone is 1. The molecule has 4 atom stereocenters. The summed E-state index contributed by atoms with van der Waals surface area (Å²) < 4.78 is 11.7. The third-order valence-electron chi connectivity index (χ3n) is 3.19. The van der Waals surface area contributed by atoms with Gasteiger partial charge in [0.05, 0.1) is 9.34 Å². The van der Waals surface area contributed by atoms with Crippen molar-refractivity contribution in [2.45, 2.75) is 35.1 Å². The van der Waals surface area contributed by atoms with E-state index in [4.69, 9.17) is 9.47 Å². The molecular weight excluding hydrogens is 312 g/mol. The fraction of sp³-hybridized carbons (Fsp3) is 0.800. The van der Waals surface area contributed by atoms with Crippen LogP contribution in [0.2, 0.25) is 0 Å². The van der Waals surface area contributed by atoms with Crippen LogP contribution in [0.25, 0.3) is 0 Å². The van der Waals surface area contributed by atoms with Gasteiger partial charge in [0.2, 0.25) is 0 Å². The van der Waals surface area contributed by atoms with Gasteiger partial charge in [-0.15, -0.1) is 0 Å². The highest BCUT2D eigenvalue weighted by Crippen LogP contribution is 2.67. The van der Waals surface area contributed by atoms with Gasteiger partial charge in [-0.3, -0.25) is 0 Å². The van der Waals surface area contributed by atoms with Crippen molar-refractivity contribution < 1.29 is 9.47 Å². The van der Waals surface area contributed by atoms with E-state index in [0.717, 1.165) is 0 Å². The Kier molecular flexibility index (Phi) is 1.86. The van der Waals surface area contributed by atoms with E-state index in [-0.39, 0.29) is 15.4 Å². The summed E-state index contributed by atoms with van der Waals surface area (Å²) >= 11 is 7.37. The molecule has 1 saturated carbocycles. The molecular formula is C10H12Br2O2. The Labute approximate surface area is 100 Å². The van der Waals surface area contributed by atoms with Crippen molar-refractivity contribution >= 4 is 31.9 Å². The summed E-state index contributed by atoms with van der Waals surface area (Å²) in [6.45, 7) is 3.95. The standard InChI is InChI=1S/C10H12Br2O2/c1-9(2)13-6-4-3-5-7(8(6)14-9)10(5,11)12/h3-8H,1-2H3/t5-,6-,7-,8-/m0/s1. The molecule has 0 aromatic heterocycles. The number of alkyl halides is 2. The summed E-state index contributed by atoms with van der Waals surface area (Å²) in [5.74, 6) is 0.605. The summed E-state index contributed by atoms with van der Waals surface area (Å²) in [4.78, 5) is 0. The molecule has 3 rings (SSSR count). The van der Waals surface area contributed by atoms with E-state index in [2.05, 4.69) is 44.0 Å². The van der Waals surface area contributed by atoms with Gasteiger partial charge in [0, 0.05) is 11.8 Å². The number of rotatable bonds is 0. The zero-order valence-corrected chi connectivity index (χ0v) is 11.2. The average Bonchev–Trinajstić information content (AvgIpc) is 2.47. The molecule has 0 aromatic rings. The highest BCUT2D eigenvalue weighted by molar-refractivity contribution is 9.25. The van der Waals surface area contributed by atoms with Crippen LogP contribution in [0.15, 0.2) is 12.2 Å². The monoisotopic (exact) mass is 322 g/mol. The summed E-state index contributed by atoms with van der Waals surface area (Å²) in [5, 5.41) is 0. The Balaban J connectivity index is 1.90. The van der Waals surface area contributed by atoms with Crippen molar-refractivity contribution in [3.8, 4) is 0 Å². The maximum atomic E-state index is 5.91. The molecule has 0 unspecified atom stereocenters. The number of fused-ring (bicyclic) bond motifs is 3. The normalized spacial score (nSPS) is 51.1. The van der Waals surface area contributed by atoms with Crippen LogP contribution in [-0.4, -0.2) is 21.2 Å². The summed E-state index contributed by atoms with van der Waals surface area (Å²) in [6, 6.07) is 0. The molecule has 2 fully saturated rings. The van der Waals surface area contributed by atoms with Crippen molar-refractivity contribution in [3.63, 3.8) is 0 Å². The Bertz CT molecular complexity index is 311. The molecule has 1 aliphatic heterocycles. The first-order valence-electron chi connectivity index (χ1n) is 4.83. The average molecular weight is 324 g/mol. The minimum atomic E-state index is -0.437. The Morgan fingerprint density at radius 2 is 1.86 bits per heavy atom. The van der Waals surface area contributed by atoms with Gasteiger partial charge in [-0.05, 0) is 13.8 Å². The largest absolute Gasteiger partial charge is 0.344 e. The van der Waals surface area contributed by atoms with Crippen LogP contribution < -0.4 is 0 Å². The van der Waals surface area contributed by atoms with Crippen molar-refractivity contribution in [2.75, 3.05) is 0 Å². The molecule has 3 aliphatic rings. The molecule has 0 spiro atoms. The molecule has 4 heteroatoms. The van der Waals surface area contributed by atoms with Gasteiger partial charge in [0.1, 0.15) is 6.10 Å². The summed E-state index contributed by atoms with van der Waals surface area (Å²) in [5.41, 5.74) is 0. The van der Waals surface area contributed by atoms with Crippen molar-refractivity contribution in [1.29, 1.82) is 0 Å². The molecule has 78 valence electrons. The van der Waals surface area contributed by atoms with Crippen molar-refractivity contribution in [1.82, 2.24) is 0 Å². The van der Waals surface area contributed by atoms with Crippen LogP contribution >= 0.6 is 31.9 Å². The molecule has 0 radical (unpaired) electrons. The van der Waals surface area contributed by atoms with Gasteiger partial charge < -0.3 is 9.47 Å². The first-order chi connectivity index (χ1) is 6.42. The number of hydrogen-bond acceptors (Lipinski definition) is 2. The van der Waals surface area contributed by atoms with Crippen LogP contribution in [0.4, 0.5) is 0 Å². The van der Waals surface area contributed by atoms with E-state index in [9.17, 15) is 0 Å². The maximum absolute atomic E-state index is 5.91. The molecule has 1 heterocycles. The van der Waals surface area contributed by atoms with Crippen LogP contribution in [0.3, 0.4) is 0 Å². The van der Waals surface area contributed by atoms with E-state index in [1.807, 2.05) is 13.8 Å². The molecule has 0 amide bonds. The van der Waals surface area contributed by atoms with E-state index in [1.165, 1.54) is 0 Å².